The highest BCUT2D eigenvalue weighted by atomic mass is 35.5. The Hall–Kier alpha value is -1.22. The molecule has 0 atom stereocenters. The highest BCUT2D eigenvalue weighted by molar-refractivity contribution is 6.34. The van der Waals surface area contributed by atoms with Crippen molar-refractivity contribution < 1.29 is 4.79 Å². The van der Waals surface area contributed by atoms with Gasteiger partial charge in [0.1, 0.15) is 0 Å². The largest absolute Gasteiger partial charge is 0.385 e. The van der Waals surface area contributed by atoms with E-state index in [9.17, 15) is 4.79 Å². The van der Waals surface area contributed by atoms with Crippen LogP contribution in [0.25, 0.3) is 0 Å². The van der Waals surface area contributed by atoms with E-state index >= 15 is 0 Å². The lowest BCUT2D eigenvalue weighted by Crippen LogP contribution is -2.11. The third-order valence-electron chi connectivity index (χ3n) is 1.81. The number of carbonyl (C=O) groups excluding carboxylic acids is 1. The molecule has 1 aromatic carbocycles. The third kappa shape index (κ3) is 2.64. The van der Waals surface area contributed by atoms with E-state index < -0.39 is 5.91 Å². The molecule has 0 fully saturated rings. The number of hydrogen-bond donors (Lipinski definition) is 2. The maximum absolute atomic E-state index is 10.9. The van der Waals surface area contributed by atoms with Crippen molar-refractivity contribution in [3.63, 3.8) is 0 Å². The van der Waals surface area contributed by atoms with Crippen LogP contribution in [0.3, 0.4) is 0 Å². The van der Waals surface area contributed by atoms with Crippen LogP contribution in [0, 0.1) is 0 Å². The minimum atomic E-state index is -0.503. The second-order valence-corrected chi connectivity index (χ2v) is 3.39. The Morgan fingerprint density at radius 1 is 1.57 bits per heavy atom. The monoisotopic (exact) mass is 212 g/mol. The predicted octanol–water partition coefficient (Wildman–Crippen LogP) is 2.26. The minimum Gasteiger partial charge on any atom is -0.385 e. The summed E-state index contributed by atoms with van der Waals surface area (Å²) in [7, 11) is 0. The van der Waals surface area contributed by atoms with Gasteiger partial charge in [-0.3, -0.25) is 4.79 Å². The van der Waals surface area contributed by atoms with E-state index in [2.05, 4.69) is 12.2 Å². The fourth-order valence-electron chi connectivity index (χ4n) is 1.09. The summed E-state index contributed by atoms with van der Waals surface area (Å²) in [6.07, 6.45) is 1.04. The van der Waals surface area contributed by atoms with Crippen LogP contribution in [0.5, 0.6) is 0 Å². The lowest BCUT2D eigenvalue weighted by Gasteiger charge is -2.06. The molecule has 0 heterocycles. The molecular weight excluding hydrogens is 200 g/mol. The van der Waals surface area contributed by atoms with E-state index in [4.69, 9.17) is 17.3 Å². The number of amides is 1. The molecule has 0 saturated heterocycles. The van der Waals surface area contributed by atoms with Gasteiger partial charge in [-0.2, -0.15) is 0 Å². The first-order chi connectivity index (χ1) is 6.65. The molecule has 3 nitrogen and oxygen atoms in total. The van der Waals surface area contributed by atoms with Crippen molar-refractivity contribution in [2.45, 2.75) is 13.3 Å². The van der Waals surface area contributed by atoms with Gasteiger partial charge in [-0.05, 0) is 24.6 Å². The van der Waals surface area contributed by atoms with Gasteiger partial charge < -0.3 is 11.1 Å². The number of primary amides is 1. The van der Waals surface area contributed by atoms with Gasteiger partial charge in [0.25, 0.3) is 0 Å². The Kier molecular flexibility index (Phi) is 3.77. The fraction of sp³-hybridized carbons (Fsp3) is 0.300. The summed E-state index contributed by atoms with van der Waals surface area (Å²) >= 11 is 5.86. The number of hydrogen-bond acceptors (Lipinski definition) is 2. The Balaban J connectivity index is 2.83. The van der Waals surface area contributed by atoms with Crippen molar-refractivity contribution in [2.24, 2.45) is 5.73 Å². The normalized spacial score (nSPS) is 9.86. The average Bonchev–Trinajstić information content (AvgIpc) is 2.14. The molecule has 0 aliphatic heterocycles. The van der Waals surface area contributed by atoms with Gasteiger partial charge in [-0.1, -0.05) is 18.5 Å². The van der Waals surface area contributed by atoms with E-state index in [-0.39, 0.29) is 0 Å². The molecule has 3 N–H and O–H groups in total. The Morgan fingerprint density at radius 3 is 2.79 bits per heavy atom. The molecule has 0 bridgehead atoms. The molecule has 4 heteroatoms. The SMILES string of the molecule is CCCNc1ccc(C(N)=O)c(Cl)c1. The number of nitrogens with two attached hydrogens (primary N) is 1. The summed E-state index contributed by atoms with van der Waals surface area (Å²) in [5.41, 5.74) is 6.38. The lowest BCUT2D eigenvalue weighted by atomic mass is 10.2. The second-order valence-electron chi connectivity index (χ2n) is 2.99. The number of anilines is 1. The van der Waals surface area contributed by atoms with Crippen LogP contribution in [0.15, 0.2) is 18.2 Å². The predicted molar refractivity (Wildman–Crippen MR) is 58.8 cm³/mol. The van der Waals surface area contributed by atoms with Crippen LogP contribution in [-0.2, 0) is 0 Å². The summed E-state index contributed by atoms with van der Waals surface area (Å²) in [4.78, 5) is 10.9. The second kappa shape index (κ2) is 4.86. The Morgan fingerprint density at radius 2 is 2.29 bits per heavy atom. The van der Waals surface area contributed by atoms with E-state index in [0.717, 1.165) is 18.7 Å². The topological polar surface area (TPSA) is 55.1 Å². The maximum atomic E-state index is 10.9. The molecule has 0 spiro atoms. The highest BCUT2D eigenvalue weighted by Crippen LogP contribution is 2.20. The molecule has 0 aliphatic carbocycles. The van der Waals surface area contributed by atoms with E-state index in [0.29, 0.717) is 10.6 Å². The zero-order valence-electron chi connectivity index (χ0n) is 8.01. The molecule has 0 aliphatic rings. The first-order valence-electron chi connectivity index (χ1n) is 4.48. The number of halogens is 1. The van der Waals surface area contributed by atoms with Crippen LogP contribution >= 0.6 is 11.6 Å². The van der Waals surface area contributed by atoms with Crippen molar-refractivity contribution in [2.75, 3.05) is 11.9 Å². The minimum absolute atomic E-state index is 0.355. The van der Waals surface area contributed by atoms with Crippen molar-refractivity contribution in [3.05, 3.63) is 28.8 Å². The van der Waals surface area contributed by atoms with Crippen LogP contribution < -0.4 is 11.1 Å². The molecule has 1 rings (SSSR count). The molecule has 0 saturated carbocycles. The van der Waals surface area contributed by atoms with Gasteiger partial charge in [0, 0.05) is 12.2 Å². The molecule has 76 valence electrons. The van der Waals surface area contributed by atoms with Crippen molar-refractivity contribution in [3.8, 4) is 0 Å². The summed E-state index contributed by atoms with van der Waals surface area (Å²) in [5, 5.41) is 3.55. The van der Waals surface area contributed by atoms with Gasteiger partial charge in [0.15, 0.2) is 0 Å². The first kappa shape index (κ1) is 10.9. The zero-order valence-corrected chi connectivity index (χ0v) is 8.77. The van der Waals surface area contributed by atoms with E-state index in [1.165, 1.54) is 0 Å². The van der Waals surface area contributed by atoms with E-state index in [1.807, 2.05) is 0 Å². The zero-order chi connectivity index (χ0) is 10.6. The van der Waals surface area contributed by atoms with Crippen LogP contribution in [0.4, 0.5) is 5.69 Å². The number of rotatable bonds is 4. The van der Waals surface area contributed by atoms with Gasteiger partial charge in [-0.25, -0.2) is 0 Å². The van der Waals surface area contributed by atoms with Gasteiger partial charge in [-0.15, -0.1) is 0 Å². The average molecular weight is 213 g/mol. The standard InChI is InChI=1S/C10H13ClN2O/c1-2-5-13-7-3-4-8(10(12)14)9(11)6-7/h3-4,6,13H,2,5H2,1H3,(H2,12,14). The summed E-state index contributed by atoms with van der Waals surface area (Å²) in [5.74, 6) is -0.503. The van der Waals surface area contributed by atoms with Gasteiger partial charge >= 0.3 is 0 Å². The maximum Gasteiger partial charge on any atom is 0.250 e. The van der Waals surface area contributed by atoms with Crippen LogP contribution in [-0.4, -0.2) is 12.5 Å². The molecule has 1 aromatic rings. The lowest BCUT2D eigenvalue weighted by molar-refractivity contribution is 0.100. The highest BCUT2D eigenvalue weighted by Gasteiger charge is 2.06. The quantitative estimate of drug-likeness (QED) is 0.805. The van der Waals surface area contributed by atoms with E-state index in [1.54, 1.807) is 18.2 Å². The van der Waals surface area contributed by atoms with Crippen LogP contribution in [0.1, 0.15) is 23.7 Å². The van der Waals surface area contributed by atoms with Gasteiger partial charge in [0.05, 0.1) is 10.6 Å². The fourth-order valence-corrected chi connectivity index (χ4v) is 1.37. The smallest absolute Gasteiger partial charge is 0.250 e. The summed E-state index contributed by atoms with van der Waals surface area (Å²) in [6, 6.07) is 5.13. The Bertz CT molecular complexity index is 339. The first-order valence-corrected chi connectivity index (χ1v) is 4.86. The molecular formula is C10H13ClN2O. The molecule has 1 amide bonds. The van der Waals surface area contributed by atoms with Crippen molar-refractivity contribution in [1.29, 1.82) is 0 Å². The van der Waals surface area contributed by atoms with Crippen LogP contribution in [0.2, 0.25) is 5.02 Å². The van der Waals surface area contributed by atoms with Crippen molar-refractivity contribution in [1.82, 2.24) is 0 Å². The molecule has 0 aromatic heterocycles. The molecule has 0 radical (unpaired) electrons. The van der Waals surface area contributed by atoms with Crippen molar-refractivity contribution >= 4 is 23.2 Å². The summed E-state index contributed by atoms with van der Waals surface area (Å²) in [6.45, 7) is 2.96. The number of nitrogens with one attached hydrogen (secondary N) is 1. The molecule has 0 unspecified atom stereocenters. The molecule has 14 heavy (non-hydrogen) atoms. The Labute approximate surface area is 88.2 Å². The third-order valence-corrected chi connectivity index (χ3v) is 2.13. The van der Waals surface area contributed by atoms with Gasteiger partial charge in [0.2, 0.25) is 5.91 Å². The summed E-state index contributed by atoms with van der Waals surface area (Å²) < 4.78 is 0. The number of benzene rings is 1. The number of carbonyl (C=O) groups is 1.